The van der Waals surface area contributed by atoms with E-state index in [-0.39, 0.29) is 0 Å². The van der Waals surface area contributed by atoms with Gasteiger partial charge in [-0.2, -0.15) is 13.2 Å². The zero-order valence-electron chi connectivity index (χ0n) is 11.7. The minimum atomic E-state index is -4.33. The first-order chi connectivity index (χ1) is 9.93. The highest BCUT2D eigenvalue weighted by Crippen LogP contribution is 2.33. The van der Waals surface area contributed by atoms with E-state index in [1.165, 1.54) is 6.07 Å². The van der Waals surface area contributed by atoms with Crippen molar-refractivity contribution in [3.05, 3.63) is 47.7 Å². The number of benzene rings is 1. The molecule has 3 rings (SSSR count). The number of nitrogens with zero attached hydrogens (tertiary/aromatic N) is 1. The van der Waals surface area contributed by atoms with Crippen molar-refractivity contribution in [1.29, 1.82) is 0 Å². The van der Waals surface area contributed by atoms with Gasteiger partial charge in [0, 0.05) is 5.39 Å². The molecule has 1 aliphatic carbocycles. The van der Waals surface area contributed by atoms with Crippen LogP contribution in [0.3, 0.4) is 0 Å². The highest BCUT2D eigenvalue weighted by atomic mass is 19.4. The average molecular weight is 291 g/mol. The van der Waals surface area contributed by atoms with Crippen LogP contribution in [-0.2, 0) is 6.18 Å². The van der Waals surface area contributed by atoms with Crippen LogP contribution in [-0.4, -0.2) is 4.98 Å². The Hall–Kier alpha value is -1.84. The Morgan fingerprint density at radius 3 is 2.62 bits per heavy atom. The molecule has 110 valence electrons. The van der Waals surface area contributed by atoms with E-state index in [2.05, 4.69) is 18.0 Å². The van der Waals surface area contributed by atoms with Gasteiger partial charge in [-0.25, -0.2) is 4.98 Å². The molecule has 1 aromatic heterocycles. The highest BCUT2D eigenvalue weighted by Gasteiger charge is 2.30. The monoisotopic (exact) mass is 291 g/mol. The molecule has 1 atom stereocenters. The molecule has 0 N–H and O–H groups in total. The standard InChI is InChI=1S/C17H16F3N/c1-11-3-2-4-13(9-11)15-8-6-12-5-7-14(17(18,19)20)10-16(12)21-15/h5-11H,2-4H2,1H3. The van der Waals surface area contributed by atoms with Gasteiger partial charge in [-0.15, -0.1) is 0 Å². The molecular weight excluding hydrogens is 275 g/mol. The summed E-state index contributed by atoms with van der Waals surface area (Å²) in [5.74, 6) is 0.507. The van der Waals surface area contributed by atoms with Crippen LogP contribution < -0.4 is 0 Å². The number of halogens is 3. The smallest absolute Gasteiger partial charge is 0.248 e. The third-order valence-electron chi connectivity index (χ3n) is 3.94. The molecule has 4 heteroatoms. The molecule has 0 aliphatic heterocycles. The second kappa shape index (κ2) is 5.17. The van der Waals surface area contributed by atoms with Gasteiger partial charge in [0.2, 0.25) is 0 Å². The minimum Gasteiger partial charge on any atom is -0.248 e. The molecular formula is C17H16F3N. The summed E-state index contributed by atoms with van der Waals surface area (Å²) in [6, 6.07) is 7.46. The number of hydrogen-bond acceptors (Lipinski definition) is 1. The van der Waals surface area contributed by atoms with Crippen molar-refractivity contribution in [2.24, 2.45) is 5.92 Å². The lowest BCUT2D eigenvalue weighted by atomic mass is 9.90. The van der Waals surface area contributed by atoms with Gasteiger partial charge < -0.3 is 0 Å². The van der Waals surface area contributed by atoms with Crippen molar-refractivity contribution in [3.8, 4) is 0 Å². The largest absolute Gasteiger partial charge is 0.416 e. The van der Waals surface area contributed by atoms with Gasteiger partial charge in [0.25, 0.3) is 0 Å². The van der Waals surface area contributed by atoms with Crippen LogP contribution in [0.4, 0.5) is 13.2 Å². The van der Waals surface area contributed by atoms with Gasteiger partial charge >= 0.3 is 6.18 Å². The Bertz CT molecular complexity index is 701. The van der Waals surface area contributed by atoms with Crippen molar-refractivity contribution in [3.63, 3.8) is 0 Å². The Balaban J connectivity index is 2.06. The molecule has 0 saturated carbocycles. The number of pyridine rings is 1. The number of alkyl halides is 3. The van der Waals surface area contributed by atoms with Crippen LogP contribution in [0.1, 0.15) is 37.4 Å². The lowest BCUT2D eigenvalue weighted by molar-refractivity contribution is -0.137. The molecule has 0 amide bonds. The summed E-state index contributed by atoms with van der Waals surface area (Å²) in [5.41, 5.74) is 1.70. The third-order valence-corrected chi connectivity index (χ3v) is 3.94. The van der Waals surface area contributed by atoms with Crippen LogP contribution >= 0.6 is 0 Å². The lowest BCUT2D eigenvalue weighted by Crippen LogP contribution is -2.05. The van der Waals surface area contributed by atoms with Crippen molar-refractivity contribution >= 4 is 16.5 Å². The van der Waals surface area contributed by atoms with E-state index >= 15 is 0 Å². The summed E-state index contributed by atoms with van der Waals surface area (Å²) in [4.78, 5) is 4.44. The van der Waals surface area contributed by atoms with Gasteiger partial charge in [0.05, 0.1) is 16.8 Å². The number of fused-ring (bicyclic) bond motifs is 1. The lowest BCUT2D eigenvalue weighted by Gasteiger charge is -2.17. The summed E-state index contributed by atoms with van der Waals surface area (Å²) in [5, 5.41) is 0.733. The quantitative estimate of drug-likeness (QED) is 0.680. The maximum atomic E-state index is 12.8. The summed E-state index contributed by atoms with van der Waals surface area (Å²) in [6.07, 6.45) is 1.07. The fourth-order valence-electron chi connectivity index (χ4n) is 2.81. The maximum absolute atomic E-state index is 12.8. The summed E-state index contributed by atoms with van der Waals surface area (Å²) in [7, 11) is 0. The van der Waals surface area contributed by atoms with Crippen molar-refractivity contribution in [2.75, 3.05) is 0 Å². The molecule has 21 heavy (non-hydrogen) atoms. The van der Waals surface area contributed by atoms with Gasteiger partial charge in [-0.05, 0) is 49.0 Å². The topological polar surface area (TPSA) is 12.9 Å². The molecule has 0 spiro atoms. The molecule has 0 saturated heterocycles. The Morgan fingerprint density at radius 1 is 1.14 bits per heavy atom. The van der Waals surface area contributed by atoms with E-state index in [4.69, 9.17) is 0 Å². The maximum Gasteiger partial charge on any atom is 0.416 e. The SMILES string of the molecule is CC1C=C(c2ccc3ccc(C(F)(F)F)cc3n2)CCC1. The predicted molar refractivity (Wildman–Crippen MR) is 77.7 cm³/mol. The second-order valence-electron chi connectivity index (χ2n) is 5.66. The second-order valence-corrected chi connectivity index (χ2v) is 5.66. The zero-order chi connectivity index (χ0) is 15.0. The van der Waals surface area contributed by atoms with Crippen molar-refractivity contribution < 1.29 is 13.2 Å². The first kappa shape index (κ1) is 14.1. The number of allylic oxidation sites excluding steroid dienone is 2. The molecule has 2 aromatic rings. The Labute approximate surface area is 121 Å². The van der Waals surface area contributed by atoms with Crippen LogP contribution in [0.2, 0.25) is 0 Å². The predicted octanol–water partition coefficient (Wildman–Crippen LogP) is 5.46. The highest BCUT2D eigenvalue weighted by molar-refractivity contribution is 5.81. The van der Waals surface area contributed by atoms with Gasteiger partial charge in [0.15, 0.2) is 0 Å². The number of hydrogen-bond donors (Lipinski definition) is 0. The molecule has 0 bridgehead atoms. The van der Waals surface area contributed by atoms with Crippen molar-refractivity contribution in [1.82, 2.24) is 4.98 Å². The molecule has 1 nitrogen and oxygen atoms in total. The molecule has 1 aromatic carbocycles. The van der Waals surface area contributed by atoms with Crippen LogP contribution in [0.5, 0.6) is 0 Å². The number of aromatic nitrogens is 1. The van der Waals surface area contributed by atoms with E-state index in [1.807, 2.05) is 12.1 Å². The minimum absolute atomic E-state index is 0.404. The van der Waals surface area contributed by atoms with Crippen LogP contribution in [0.25, 0.3) is 16.5 Å². The fourth-order valence-corrected chi connectivity index (χ4v) is 2.81. The van der Waals surface area contributed by atoms with Gasteiger partial charge in [-0.1, -0.05) is 25.1 Å². The molecule has 0 fully saturated rings. The third kappa shape index (κ3) is 2.94. The first-order valence-corrected chi connectivity index (χ1v) is 7.12. The average Bonchev–Trinajstić information content (AvgIpc) is 2.45. The van der Waals surface area contributed by atoms with E-state index < -0.39 is 11.7 Å². The van der Waals surface area contributed by atoms with Crippen LogP contribution in [0, 0.1) is 5.92 Å². The first-order valence-electron chi connectivity index (χ1n) is 7.12. The molecule has 1 heterocycles. The van der Waals surface area contributed by atoms with E-state index in [9.17, 15) is 13.2 Å². The van der Waals surface area contributed by atoms with Crippen molar-refractivity contribution in [2.45, 2.75) is 32.4 Å². The van der Waals surface area contributed by atoms with E-state index in [0.717, 1.165) is 48.0 Å². The van der Waals surface area contributed by atoms with Crippen LogP contribution in [0.15, 0.2) is 36.4 Å². The van der Waals surface area contributed by atoms with E-state index in [1.54, 1.807) is 0 Å². The van der Waals surface area contributed by atoms with E-state index in [0.29, 0.717) is 11.4 Å². The zero-order valence-corrected chi connectivity index (χ0v) is 11.7. The fraction of sp³-hybridized carbons (Fsp3) is 0.353. The summed E-state index contributed by atoms with van der Waals surface area (Å²) in [6.45, 7) is 2.15. The van der Waals surface area contributed by atoms with Gasteiger partial charge in [0.1, 0.15) is 0 Å². The number of rotatable bonds is 1. The summed E-state index contributed by atoms with van der Waals surface area (Å²) >= 11 is 0. The molecule has 0 radical (unpaired) electrons. The van der Waals surface area contributed by atoms with Gasteiger partial charge in [-0.3, -0.25) is 0 Å². The normalized spacial score (nSPS) is 19.6. The molecule has 1 unspecified atom stereocenters. The molecule has 1 aliphatic rings. The Kier molecular flexibility index (Phi) is 3.47. The summed E-state index contributed by atoms with van der Waals surface area (Å²) < 4.78 is 38.3. The Morgan fingerprint density at radius 2 is 1.90 bits per heavy atom.